The number of amides is 1. The van der Waals surface area contributed by atoms with E-state index in [9.17, 15) is 9.90 Å². The molecular weight excluding hydrogens is 256 g/mol. The molecule has 5 heteroatoms. The molecule has 1 amide bonds. The van der Waals surface area contributed by atoms with Crippen LogP contribution in [0.5, 0.6) is 5.75 Å². The predicted octanol–water partition coefficient (Wildman–Crippen LogP) is 1.38. The maximum absolute atomic E-state index is 12.3. The zero-order valence-electron chi connectivity index (χ0n) is 11.4. The monoisotopic (exact) mass is 276 g/mol. The number of hydrogen-bond acceptors (Lipinski definition) is 4. The third-order valence-corrected chi connectivity index (χ3v) is 3.99. The van der Waals surface area contributed by atoms with Crippen LogP contribution >= 0.6 is 0 Å². The first-order valence-electron chi connectivity index (χ1n) is 7.20. The molecule has 0 saturated heterocycles. The van der Waals surface area contributed by atoms with Crippen LogP contribution in [0.4, 0.5) is 5.69 Å². The van der Waals surface area contributed by atoms with Gasteiger partial charge in [-0.05, 0) is 37.3 Å². The van der Waals surface area contributed by atoms with Crippen LogP contribution in [0.25, 0.3) is 0 Å². The van der Waals surface area contributed by atoms with Gasteiger partial charge in [0.05, 0.1) is 17.4 Å². The first kappa shape index (κ1) is 13.2. The van der Waals surface area contributed by atoms with Gasteiger partial charge in [0.25, 0.3) is 5.91 Å². The smallest absolute Gasteiger partial charge is 0.255 e. The van der Waals surface area contributed by atoms with E-state index in [-0.39, 0.29) is 12.0 Å². The minimum Gasteiger partial charge on any atom is -0.489 e. The Morgan fingerprint density at radius 3 is 3.15 bits per heavy atom. The molecule has 1 fully saturated rings. The highest BCUT2D eigenvalue weighted by atomic mass is 16.5. The summed E-state index contributed by atoms with van der Waals surface area (Å²) in [6, 6.07) is 5.55. The van der Waals surface area contributed by atoms with Crippen molar-refractivity contribution in [3.63, 3.8) is 0 Å². The minimum absolute atomic E-state index is 0.105. The van der Waals surface area contributed by atoms with Crippen molar-refractivity contribution < 1.29 is 14.6 Å². The molecule has 2 atom stereocenters. The standard InChI is InChI=1S/C15H20N2O3/c18-11-5-4-10(8-11)9-17-15(19)12-2-1-3-13-14(12)20-7-6-16-13/h1-3,10-11,16,18H,4-9H2,(H,17,19). The molecule has 0 radical (unpaired) electrons. The van der Waals surface area contributed by atoms with Crippen LogP contribution < -0.4 is 15.4 Å². The Morgan fingerprint density at radius 2 is 2.35 bits per heavy atom. The van der Waals surface area contributed by atoms with Gasteiger partial charge in [0, 0.05) is 13.1 Å². The predicted molar refractivity (Wildman–Crippen MR) is 76.1 cm³/mol. The molecule has 20 heavy (non-hydrogen) atoms. The van der Waals surface area contributed by atoms with Crippen molar-refractivity contribution in [2.45, 2.75) is 25.4 Å². The number of benzene rings is 1. The molecule has 1 aliphatic carbocycles. The molecule has 0 bridgehead atoms. The first-order valence-corrected chi connectivity index (χ1v) is 7.20. The average molecular weight is 276 g/mol. The van der Waals surface area contributed by atoms with E-state index in [2.05, 4.69) is 10.6 Å². The number of anilines is 1. The average Bonchev–Trinajstić information content (AvgIpc) is 2.90. The van der Waals surface area contributed by atoms with E-state index in [1.54, 1.807) is 6.07 Å². The second-order valence-corrected chi connectivity index (χ2v) is 5.50. The summed E-state index contributed by atoms with van der Waals surface area (Å²) in [6.45, 7) is 1.96. The van der Waals surface area contributed by atoms with Crippen LogP contribution in [0.15, 0.2) is 18.2 Å². The van der Waals surface area contributed by atoms with Crippen molar-refractivity contribution in [3.05, 3.63) is 23.8 Å². The van der Waals surface area contributed by atoms with Crippen LogP contribution in [0.3, 0.4) is 0 Å². The van der Waals surface area contributed by atoms with Crippen LogP contribution in [0.1, 0.15) is 29.6 Å². The Bertz CT molecular complexity index is 504. The molecule has 0 aromatic heterocycles. The summed E-state index contributed by atoms with van der Waals surface area (Å²) < 4.78 is 5.60. The van der Waals surface area contributed by atoms with E-state index in [4.69, 9.17) is 4.74 Å². The zero-order valence-corrected chi connectivity index (χ0v) is 11.4. The van der Waals surface area contributed by atoms with Crippen molar-refractivity contribution >= 4 is 11.6 Å². The normalized spacial score (nSPS) is 24.4. The van der Waals surface area contributed by atoms with E-state index in [1.165, 1.54) is 0 Å². The molecule has 1 aromatic rings. The SMILES string of the molecule is O=C(NCC1CCC(O)C1)c1cccc2c1OCCN2. The molecule has 1 heterocycles. The fourth-order valence-corrected chi connectivity index (χ4v) is 2.92. The number of carbonyl (C=O) groups is 1. The van der Waals surface area contributed by atoms with Crippen LogP contribution in [-0.4, -0.2) is 36.8 Å². The first-order chi connectivity index (χ1) is 9.74. The molecule has 1 aliphatic heterocycles. The number of para-hydroxylation sites is 1. The maximum atomic E-state index is 12.3. The van der Waals surface area contributed by atoms with Gasteiger partial charge >= 0.3 is 0 Å². The zero-order chi connectivity index (χ0) is 13.9. The van der Waals surface area contributed by atoms with E-state index >= 15 is 0 Å². The lowest BCUT2D eigenvalue weighted by Crippen LogP contribution is -2.30. The van der Waals surface area contributed by atoms with E-state index in [1.807, 2.05) is 12.1 Å². The Hall–Kier alpha value is -1.75. The summed E-state index contributed by atoms with van der Waals surface area (Å²) in [5, 5.41) is 15.7. The number of carbonyl (C=O) groups excluding carboxylic acids is 1. The molecule has 2 unspecified atom stereocenters. The highest BCUT2D eigenvalue weighted by Crippen LogP contribution is 2.31. The Morgan fingerprint density at radius 1 is 1.45 bits per heavy atom. The Labute approximate surface area is 118 Å². The van der Waals surface area contributed by atoms with Crippen LogP contribution in [0.2, 0.25) is 0 Å². The van der Waals surface area contributed by atoms with Crippen molar-refractivity contribution in [3.8, 4) is 5.75 Å². The van der Waals surface area contributed by atoms with Crippen molar-refractivity contribution in [2.24, 2.45) is 5.92 Å². The summed E-state index contributed by atoms with van der Waals surface area (Å²) in [5.74, 6) is 0.919. The van der Waals surface area contributed by atoms with E-state index < -0.39 is 0 Å². The number of hydrogen-bond donors (Lipinski definition) is 3. The van der Waals surface area contributed by atoms with Gasteiger partial charge in [0.1, 0.15) is 6.61 Å². The summed E-state index contributed by atoms with van der Waals surface area (Å²) in [5.41, 5.74) is 1.45. The Balaban J connectivity index is 1.65. The van der Waals surface area contributed by atoms with Gasteiger partial charge in [-0.3, -0.25) is 4.79 Å². The fraction of sp³-hybridized carbons (Fsp3) is 0.533. The van der Waals surface area contributed by atoms with Gasteiger partial charge in [-0.1, -0.05) is 6.07 Å². The van der Waals surface area contributed by atoms with Gasteiger partial charge in [-0.2, -0.15) is 0 Å². The molecular formula is C15H20N2O3. The third-order valence-electron chi connectivity index (χ3n) is 3.99. The van der Waals surface area contributed by atoms with Crippen LogP contribution in [-0.2, 0) is 0 Å². The molecule has 2 aliphatic rings. The lowest BCUT2D eigenvalue weighted by molar-refractivity contribution is 0.0941. The maximum Gasteiger partial charge on any atom is 0.255 e. The van der Waals surface area contributed by atoms with Crippen molar-refractivity contribution in [1.82, 2.24) is 5.32 Å². The number of aliphatic hydroxyl groups is 1. The Kier molecular flexibility index (Phi) is 3.78. The van der Waals surface area contributed by atoms with Gasteiger partial charge < -0.3 is 20.5 Å². The van der Waals surface area contributed by atoms with Gasteiger partial charge in [0.15, 0.2) is 5.75 Å². The minimum atomic E-state index is -0.200. The quantitative estimate of drug-likeness (QED) is 0.780. The number of fused-ring (bicyclic) bond motifs is 1. The van der Waals surface area contributed by atoms with Gasteiger partial charge in [-0.25, -0.2) is 0 Å². The van der Waals surface area contributed by atoms with Crippen LogP contribution in [0, 0.1) is 5.92 Å². The van der Waals surface area contributed by atoms with E-state index in [0.717, 1.165) is 31.5 Å². The summed E-state index contributed by atoms with van der Waals surface area (Å²) >= 11 is 0. The fourth-order valence-electron chi connectivity index (χ4n) is 2.92. The second-order valence-electron chi connectivity index (χ2n) is 5.50. The lowest BCUT2D eigenvalue weighted by atomic mass is 10.1. The molecule has 1 aromatic carbocycles. The van der Waals surface area contributed by atoms with Crippen molar-refractivity contribution in [1.29, 1.82) is 0 Å². The van der Waals surface area contributed by atoms with Gasteiger partial charge in [-0.15, -0.1) is 0 Å². The van der Waals surface area contributed by atoms with Gasteiger partial charge in [0.2, 0.25) is 0 Å². The molecule has 0 spiro atoms. The topological polar surface area (TPSA) is 70.6 Å². The largest absolute Gasteiger partial charge is 0.489 e. The number of ether oxygens (including phenoxy) is 1. The highest BCUT2D eigenvalue weighted by molar-refractivity contribution is 5.98. The molecule has 108 valence electrons. The summed E-state index contributed by atoms with van der Waals surface area (Å²) in [4.78, 5) is 12.3. The summed E-state index contributed by atoms with van der Waals surface area (Å²) in [6.07, 6.45) is 2.40. The molecule has 3 rings (SSSR count). The number of nitrogens with one attached hydrogen (secondary N) is 2. The third kappa shape index (κ3) is 2.72. The molecule has 3 N–H and O–H groups in total. The number of aliphatic hydroxyl groups excluding tert-OH is 1. The summed E-state index contributed by atoms with van der Waals surface area (Å²) in [7, 11) is 0. The second kappa shape index (κ2) is 5.71. The number of rotatable bonds is 3. The lowest BCUT2D eigenvalue weighted by Gasteiger charge is -2.21. The molecule has 5 nitrogen and oxygen atoms in total. The van der Waals surface area contributed by atoms with E-state index in [0.29, 0.717) is 30.4 Å². The van der Waals surface area contributed by atoms with Crippen molar-refractivity contribution in [2.75, 3.05) is 25.0 Å². The highest BCUT2D eigenvalue weighted by Gasteiger charge is 2.24. The molecule has 1 saturated carbocycles.